The first kappa shape index (κ1) is 14.7. The molecular formula is C15H23NO2. The van der Waals surface area contributed by atoms with Gasteiger partial charge in [0.2, 0.25) is 0 Å². The Hall–Kier alpha value is -1.32. The van der Waals surface area contributed by atoms with Crippen molar-refractivity contribution in [2.45, 2.75) is 26.5 Å². The summed E-state index contributed by atoms with van der Waals surface area (Å²) in [7, 11) is 1.70. The van der Waals surface area contributed by atoms with Gasteiger partial charge in [-0.05, 0) is 19.4 Å². The molecule has 0 saturated carbocycles. The van der Waals surface area contributed by atoms with Gasteiger partial charge in [0.05, 0.1) is 6.61 Å². The number of aryl methyl sites for hydroxylation is 1. The van der Waals surface area contributed by atoms with E-state index >= 15 is 0 Å². The molecule has 0 aliphatic carbocycles. The topological polar surface area (TPSA) is 30.5 Å². The molecule has 0 radical (unpaired) electrons. The number of hydrogen-bond acceptors (Lipinski definition) is 3. The van der Waals surface area contributed by atoms with Crippen LogP contribution >= 0.6 is 0 Å². The first-order valence-electron chi connectivity index (χ1n) is 6.26. The van der Waals surface area contributed by atoms with Gasteiger partial charge in [-0.2, -0.15) is 0 Å². The van der Waals surface area contributed by atoms with Crippen LogP contribution in [-0.4, -0.2) is 26.4 Å². The zero-order valence-electron chi connectivity index (χ0n) is 11.5. The monoisotopic (exact) mass is 249 g/mol. The highest BCUT2D eigenvalue weighted by Crippen LogP contribution is 2.24. The van der Waals surface area contributed by atoms with Gasteiger partial charge in [0, 0.05) is 25.8 Å². The van der Waals surface area contributed by atoms with E-state index in [9.17, 15) is 0 Å². The Morgan fingerprint density at radius 2 is 2.22 bits per heavy atom. The number of methoxy groups -OCH3 is 1. The van der Waals surface area contributed by atoms with Crippen LogP contribution in [-0.2, 0) is 11.3 Å². The van der Waals surface area contributed by atoms with Gasteiger partial charge < -0.3 is 14.8 Å². The lowest BCUT2D eigenvalue weighted by Crippen LogP contribution is -2.20. The zero-order valence-corrected chi connectivity index (χ0v) is 11.5. The van der Waals surface area contributed by atoms with Gasteiger partial charge in [-0.1, -0.05) is 30.9 Å². The molecule has 0 heterocycles. The summed E-state index contributed by atoms with van der Waals surface area (Å²) in [6, 6.07) is 6.19. The highest BCUT2D eigenvalue weighted by atomic mass is 16.5. The van der Waals surface area contributed by atoms with E-state index in [1.807, 2.05) is 13.0 Å². The van der Waals surface area contributed by atoms with Crippen molar-refractivity contribution in [3.63, 3.8) is 0 Å². The average molecular weight is 249 g/mol. The molecule has 1 aromatic carbocycles. The maximum Gasteiger partial charge on any atom is 0.127 e. The number of hydrogen-bond donors (Lipinski definition) is 1. The van der Waals surface area contributed by atoms with Crippen LogP contribution < -0.4 is 10.1 Å². The number of ether oxygens (including phenoxy) is 2. The maximum atomic E-state index is 5.89. The van der Waals surface area contributed by atoms with E-state index in [0.717, 1.165) is 24.4 Å². The standard InChI is InChI=1S/C15H23NO2/c1-5-13(3)18-15-12(2)7-6-8-14(15)11-16-9-10-17-4/h5-8,13,16H,1,9-11H2,2-4H3. The summed E-state index contributed by atoms with van der Waals surface area (Å²) in [6.45, 7) is 10.1. The summed E-state index contributed by atoms with van der Waals surface area (Å²) >= 11 is 0. The quantitative estimate of drug-likeness (QED) is 0.567. The molecule has 18 heavy (non-hydrogen) atoms. The van der Waals surface area contributed by atoms with Crippen LogP contribution in [0.1, 0.15) is 18.1 Å². The van der Waals surface area contributed by atoms with Gasteiger partial charge in [0.15, 0.2) is 0 Å². The van der Waals surface area contributed by atoms with Crippen molar-refractivity contribution >= 4 is 0 Å². The maximum absolute atomic E-state index is 5.89. The molecule has 0 aromatic heterocycles. The van der Waals surface area contributed by atoms with Crippen molar-refractivity contribution in [3.05, 3.63) is 42.0 Å². The Labute approximate surface area is 110 Å². The molecule has 1 atom stereocenters. The van der Waals surface area contributed by atoms with Gasteiger partial charge in [-0.15, -0.1) is 0 Å². The van der Waals surface area contributed by atoms with Crippen LogP contribution in [0, 0.1) is 6.92 Å². The third-order valence-electron chi connectivity index (χ3n) is 2.73. The van der Waals surface area contributed by atoms with Crippen molar-refractivity contribution in [1.82, 2.24) is 5.32 Å². The van der Waals surface area contributed by atoms with Gasteiger partial charge in [0.1, 0.15) is 11.9 Å². The molecular weight excluding hydrogens is 226 g/mol. The second-order valence-corrected chi connectivity index (χ2v) is 4.29. The van der Waals surface area contributed by atoms with E-state index in [4.69, 9.17) is 9.47 Å². The third kappa shape index (κ3) is 4.51. The molecule has 0 fully saturated rings. The Bertz CT molecular complexity index is 377. The molecule has 3 nitrogen and oxygen atoms in total. The van der Waals surface area contributed by atoms with E-state index in [1.54, 1.807) is 13.2 Å². The first-order chi connectivity index (χ1) is 8.69. The number of para-hydroxylation sites is 1. The highest BCUT2D eigenvalue weighted by molar-refractivity contribution is 5.41. The molecule has 0 bridgehead atoms. The van der Waals surface area contributed by atoms with Gasteiger partial charge in [-0.3, -0.25) is 0 Å². The highest BCUT2D eigenvalue weighted by Gasteiger charge is 2.08. The minimum absolute atomic E-state index is 0.0174. The molecule has 1 rings (SSSR count). The van der Waals surface area contributed by atoms with Gasteiger partial charge >= 0.3 is 0 Å². The minimum Gasteiger partial charge on any atom is -0.486 e. The summed E-state index contributed by atoms with van der Waals surface area (Å²) < 4.78 is 10.9. The molecule has 1 aromatic rings. The first-order valence-corrected chi connectivity index (χ1v) is 6.26. The predicted molar refractivity (Wildman–Crippen MR) is 75.0 cm³/mol. The molecule has 1 N–H and O–H groups in total. The van der Waals surface area contributed by atoms with Crippen molar-refractivity contribution in [3.8, 4) is 5.75 Å². The van der Waals surface area contributed by atoms with Gasteiger partial charge in [0.25, 0.3) is 0 Å². The minimum atomic E-state index is 0.0174. The SMILES string of the molecule is C=CC(C)Oc1c(C)cccc1CNCCOC. The fourth-order valence-corrected chi connectivity index (χ4v) is 1.65. The molecule has 0 aliphatic heterocycles. The van der Waals surface area contributed by atoms with Crippen molar-refractivity contribution in [2.75, 3.05) is 20.3 Å². The van der Waals surface area contributed by atoms with Gasteiger partial charge in [-0.25, -0.2) is 0 Å². The molecule has 0 aliphatic rings. The summed E-state index contributed by atoms with van der Waals surface area (Å²) in [5, 5.41) is 3.33. The molecule has 0 amide bonds. The Morgan fingerprint density at radius 1 is 1.44 bits per heavy atom. The zero-order chi connectivity index (χ0) is 13.4. The lowest BCUT2D eigenvalue weighted by molar-refractivity contribution is 0.199. The van der Waals surface area contributed by atoms with Crippen molar-refractivity contribution < 1.29 is 9.47 Å². The number of benzene rings is 1. The van der Waals surface area contributed by atoms with Crippen molar-refractivity contribution in [2.24, 2.45) is 0 Å². The molecule has 1 unspecified atom stereocenters. The molecule has 0 spiro atoms. The fourth-order valence-electron chi connectivity index (χ4n) is 1.65. The summed E-state index contributed by atoms with van der Waals surface area (Å²) in [6.07, 6.45) is 1.82. The van der Waals surface area contributed by atoms with E-state index in [-0.39, 0.29) is 6.10 Å². The summed E-state index contributed by atoms with van der Waals surface area (Å²) in [4.78, 5) is 0. The second kappa shape index (κ2) is 7.90. The largest absolute Gasteiger partial charge is 0.486 e. The fraction of sp³-hybridized carbons (Fsp3) is 0.467. The number of rotatable bonds is 8. The van der Waals surface area contributed by atoms with E-state index in [1.165, 1.54) is 5.56 Å². The molecule has 3 heteroatoms. The summed E-state index contributed by atoms with van der Waals surface area (Å²) in [5.41, 5.74) is 2.31. The normalized spacial score (nSPS) is 12.2. The number of nitrogens with one attached hydrogen (secondary N) is 1. The lowest BCUT2D eigenvalue weighted by Gasteiger charge is -2.17. The Kier molecular flexibility index (Phi) is 6.47. The summed E-state index contributed by atoms with van der Waals surface area (Å²) in [5.74, 6) is 0.954. The third-order valence-corrected chi connectivity index (χ3v) is 2.73. The average Bonchev–Trinajstić information content (AvgIpc) is 2.38. The van der Waals surface area contributed by atoms with Crippen LogP contribution in [0.5, 0.6) is 5.75 Å². The van der Waals surface area contributed by atoms with Crippen LogP contribution in [0.15, 0.2) is 30.9 Å². The van der Waals surface area contributed by atoms with Crippen molar-refractivity contribution in [1.29, 1.82) is 0 Å². The lowest BCUT2D eigenvalue weighted by atomic mass is 10.1. The van der Waals surface area contributed by atoms with E-state index < -0.39 is 0 Å². The predicted octanol–water partition coefficient (Wildman–Crippen LogP) is 2.68. The van der Waals surface area contributed by atoms with Crippen LogP contribution in [0.25, 0.3) is 0 Å². The van der Waals surface area contributed by atoms with Crippen LogP contribution in [0.3, 0.4) is 0 Å². The molecule has 0 saturated heterocycles. The molecule has 100 valence electrons. The smallest absolute Gasteiger partial charge is 0.127 e. The Balaban J connectivity index is 2.70. The van der Waals surface area contributed by atoms with Crippen LogP contribution in [0.4, 0.5) is 0 Å². The second-order valence-electron chi connectivity index (χ2n) is 4.29. The van der Waals surface area contributed by atoms with Crippen LogP contribution in [0.2, 0.25) is 0 Å². The van der Waals surface area contributed by atoms with E-state index in [0.29, 0.717) is 6.61 Å². The Morgan fingerprint density at radius 3 is 2.89 bits per heavy atom. The van der Waals surface area contributed by atoms with E-state index in [2.05, 4.69) is 31.0 Å².